The molecule has 0 atom stereocenters. The van der Waals surface area contributed by atoms with E-state index in [1.165, 1.54) is 0 Å². The topological polar surface area (TPSA) is 18.5 Å². The average Bonchev–Trinajstić information content (AvgIpc) is 2.44. The summed E-state index contributed by atoms with van der Waals surface area (Å²) in [6.45, 7) is 33.2. The standard InChI is InChI=1S/C21H50O2Si3/c1-15(2)24(16(3)4)22-26(20(11)12,21(13)14)23-25(17(5)6,18(7)8)19(9)10/h15-21,24H,1-14H3. The van der Waals surface area contributed by atoms with Crippen LogP contribution in [0.4, 0.5) is 0 Å². The summed E-state index contributed by atoms with van der Waals surface area (Å²) in [5.41, 5.74) is 4.08. The zero-order valence-electron chi connectivity index (χ0n) is 20.4. The van der Waals surface area contributed by atoms with E-state index in [2.05, 4.69) is 96.9 Å². The normalized spacial score (nSPS) is 14.5. The number of rotatable bonds is 11. The average molecular weight is 419 g/mol. The van der Waals surface area contributed by atoms with E-state index in [4.69, 9.17) is 8.23 Å². The van der Waals surface area contributed by atoms with Gasteiger partial charge in [-0.2, -0.15) is 0 Å². The van der Waals surface area contributed by atoms with Gasteiger partial charge in [-0.05, 0) is 38.8 Å². The Hall–Kier alpha value is 0.571. The molecule has 0 amide bonds. The predicted molar refractivity (Wildman–Crippen MR) is 127 cm³/mol. The Bertz CT molecular complexity index is 366. The summed E-state index contributed by atoms with van der Waals surface area (Å²) in [7, 11) is -5.65. The van der Waals surface area contributed by atoms with Gasteiger partial charge >= 0.3 is 8.56 Å². The van der Waals surface area contributed by atoms with Crippen LogP contribution >= 0.6 is 0 Å². The third-order valence-corrected chi connectivity index (χ3v) is 22.8. The van der Waals surface area contributed by atoms with Gasteiger partial charge in [-0.25, -0.2) is 0 Å². The highest BCUT2D eigenvalue weighted by molar-refractivity contribution is 6.90. The zero-order valence-corrected chi connectivity index (χ0v) is 23.6. The second-order valence-electron chi connectivity index (χ2n) is 10.5. The van der Waals surface area contributed by atoms with Gasteiger partial charge in [0.25, 0.3) is 0 Å². The van der Waals surface area contributed by atoms with E-state index < -0.39 is 25.9 Å². The third-order valence-electron chi connectivity index (χ3n) is 6.29. The maximum absolute atomic E-state index is 7.55. The Morgan fingerprint density at radius 3 is 1.00 bits per heavy atom. The molecular weight excluding hydrogens is 368 g/mol. The molecule has 0 heterocycles. The molecule has 0 aromatic heterocycles. The molecule has 158 valence electrons. The molecule has 0 aliphatic rings. The molecule has 0 aromatic carbocycles. The van der Waals surface area contributed by atoms with Crippen LogP contribution in [0, 0.1) is 0 Å². The summed E-state index contributed by atoms with van der Waals surface area (Å²) in [4.78, 5) is 0. The molecule has 26 heavy (non-hydrogen) atoms. The monoisotopic (exact) mass is 418 g/mol. The van der Waals surface area contributed by atoms with Crippen molar-refractivity contribution in [3.8, 4) is 0 Å². The molecule has 5 heteroatoms. The minimum atomic E-state index is -2.34. The van der Waals surface area contributed by atoms with E-state index in [9.17, 15) is 0 Å². The maximum atomic E-state index is 7.55. The van der Waals surface area contributed by atoms with Crippen LogP contribution in [0.25, 0.3) is 0 Å². The Morgan fingerprint density at radius 2 is 0.808 bits per heavy atom. The highest BCUT2D eigenvalue weighted by Crippen LogP contribution is 2.49. The fraction of sp³-hybridized carbons (Fsp3) is 1.00. The van der Waals surface area contributed by atoms with Crippen molar-refractivity contribution in [3.05, 3.63) is 0 Å². The number of hydrogen-bond donors (Lipinski definition) is 0. The second kappa shape index (κ2) is 10.4. The molecule has 0 aromatic rings. The molecule has 0 aliphatic heterocycles. The molecule has 0 aliphatic carbocycles. The highest BCUT2D eigenvalue weighted by Gasteiger charge is 2.56. The predicted octanol–water partition coefficient (Wildman–Crippen LogP) is 8.00. The van der Waals surface area contributed by atoms with E-state index in [1.807, 2.05) is 0 Å². The fourth-order valence-corrected chi connectivity index (χ4v) is 25.6. The van der Waals surface area contributed by atoms with Crippen LogP contribution in [0.1, 0.15) is 96.9 Å². The largest absolute Gasteiger partial charge is 0.438 e. The Kier molecular flexibility index (Phi) is 10.6. The quantitative estimate of drug-likeness (QED) is 0.316. The van der Waals surface area contributed by atoms with Gasteiger partial charge in [-0.3, -0.25) is 0 Å². The molecule has 0 radical (unpaired) electrons. The van der Waals surface area contributed by atoms with Crippen LogP contribution in [-0.2, 0) is 8.23 Å². The maximum Gasteiger partial charge on any atom is 0.322 e. The first-order valence-electron chi connectivity index (χ1n) is 11.0. The van der Waals surface area contributed by atoms with E-state index >= 15 is 0 Å². The second-order valence-corrected chi connectivity index (χ2v) is 24.8. The van der Waals surface area contributed by atoms with Gasteiger partial charge in [-0.15, -0.1) is 0 Å². The lowest BCUT2D eigenvalue weighted by molar-refractivity contribution is 0.321. The first-order valence-corrected chi connectivity index (χ1v) is 17.0. The van der Waals surface area contributed by atoms with E-state index in [0.29, 0.717) is 38.8 Å². The van der Waals surface area contributed by atoms with Crippen LogP contribution in [0.15, 0.2) is 0 Å². The van der Waals surface area contributed by atoms with E-state index in [1.54, 1.807) is 0 Å². The van der Waals surface area contributed by atoms with Crippen molar-refractivity contribution < 1.29 is 8.23 Å². The van der Waals surface area contributed by atoms with Gasteiger partial charge < -0.3 is 8.23 Å². The van der Waals surface area contributed by atoms with Gasteiger partial charge in [0.05, 0.1) is 0 Å². The molecule has 0 bridgehead atoms. The van der Waals surface area contributed by atoms with Gasteiger partial charge in [0.1, 0.15) is 0 Å². The van der Waals surface area contributed by atoms with Crippen molar-refractivity contribution in [1.29, 1.82) is 0 Å². The Morgan fingerprint density at radius 1 is 0.500 bits per heavy atom. The first kappa shape index (κ1) is 26.6. The van der Waals surface area contributed by atoms with E-state index in [0.717, 1.165) is 0 Å². The molecule has 0 spiro atoms. The van der Waals surface area contributed by atoms with Gasteiger partial charge in [0.2, 0.25) is 0 Å². The van der Waals surface area contributed by atoms with Crippen LogP contribution in [0.2, 0.25) is 38.8 Å². The van der Waals surface area contributed by atoms with Gasteiger partial charge in [-0.1, -0.05) is 96.9 Å². The van der Waals surface area contributed by atoms with Gasteiger partial charge in [0, 0.05) is 0 Å². The fourth-order valence-electron chi connectivity index (χ4n) is 5.08. The zero-order chi connectivity index (χ0) is 21.0. The van der Waals surface area contributed by atoms with Gasteiger partial charge in [0.15, 0.2) is 17.4 Å². The van der Waals surface area contributed by atoms with E-state index in [-0.39, 0.29) is 0 Å². The lowest BCUT2D eigenvalue weighted by Crippen LogP contribution is -2.62. The molecule has 0 N–H and O–H groups in total. The molecule has 0 saturated carbocycles. The minimum Gasteiger partial charge on any atom is -0.438 e. The van der Waals surface area contributed by atoms with Crippen LogP contribution in [0.3, 0.4) is 0 Å². The molecule has 0 fully saturated rings. The smallest absolute Gasteiger partial charge is 0.322 e. The summed E-state index contributed by atoms with van der Waals surface area (Å²) in [5, 5.41) is 0. The minimum absolute atomic E-state index is 0.484. The summed E-state index contributed by atoms with van der Waals surface area (Å²) in [5.74, 6) is 0. The molecular formula is C21H50O2Si3. The first-order chi connectivity index (χ1) is 11.7. The van der Waals surface area contributed by atoms with Crippen molar-refractivity contribution in [2.45, 2.75) is 136 Å². The summed E-state index contributed by atoms with van der Waals surface area (Å²) in [6.07, 6.45) is 0. The molecule has 0 saturated heterocycles. The molecule has 0 rings (SSSR count). The highest BCUT2D eigenvalue weighted by atomic mass is 28.5. The SMILES string of the molecule is CC(C)[SiH](O[Si](O[Si](C(C)C)(C(C)C)C(C)C)(C(C)C)C(C)C)C(C)C. The Labute approximate surface area is 169 Å². The van der Waals surface area contributed by atoms with Crippen LogP contribution in [-0.4, -0.2) is 25.9 Å². The van der Waals surface area contributed by atoms with Crippen LogP contribution < -0.4 is 0 Å². The third kappa shape index (κ3) is 5.56. The van der Waals surface area contributed by atoms with Crippen LogP contribution in [0.5, 0.6) is 0 Å². The van der Waals surface area contributed by atoms with Crippen molar-refractivity contribution in [2.75, 3.05) is 0 Å². The summed E-state index contributed by atoms with van der Waals surface area (Å²) >= 11 is 0. The van der Waals surface area contributed by atoms with Crippen molar-refractivity contribution in [3.63, 3.8) is 0 Å². The lowest BCUT2D eigenvalue weighted by Gasteiger charge is -2.52. The number of hydrogen-bond acceptors (Lipinski definition) is 2. The summed E-state index contributed by atoms with van der Waals surface area (Å²) < 4.78 is 14.8. The Balaban J connectivity index is 6.34. The summed E-state index contributed by atoms with van der Waals surface area (Å²) in [6, 6.07) is 0. The lowest BCUT2D eigenvalue weighted by atomic mass is 10.5. The van der Waals surface area contributed by atoms with Crippen molar-refractivity contribution >= 4 is 25.9 Å². The van der Waals surface area contributed by atoms with Crippen molar-refractivity contribution in [1.82, 2.24) is 0 Å². The molecule has 2 nitrogen and oxygen atoms in total. The van der Waals surface area contributed by atoms with Crippen molar-refractivity contribution in [2.24, 2.45) is 0 Å². The molecule has 0 unspecified atom stereocenters.